The fourth-order valence-electron chi connectivity index (χ4n) is 0.541. The fraction of sp³-hybridized carbons (Fsp3) is 1.00. The maximum atomic E-state index is 12.0. The van der Waals surface area contributed by atoms with E-state index in [-0.39, 0.29) is 6.42 Å². The normalized spacial score (nSPS) is 13.6. The van der Waals surface area contributed by atoms with Gasteiger partial charge in [0.1, 0.15) is 0 Å². The van der Waals surface area contributed by atoms with Crippen molar-refractivity contribution in [2.75, 3.05) is 0 Å². The highest BCUT2D eigenvalue weighted by molar-refractivity contribution is 4.74. The van der Waals surface area contributed by atoms with E-state index in [0.717, 1.165) is 0 Å². The lowest BCUT2D eigenvalue weighted by Gasteiger charge is -2.18. The summed E-state index contributed by atoms with van der Waals surface area (Å²) in [6, 6.07) is 0. The fourth-order valence-corrected chi connectivity index (χ4v) is 0.541. The summed E-state index contributed by atoms with van der Waals surface area (Å²) in [7, 11) is 0. The molecular formula is C6H9F5. The average molecular weight is 176 g/mol. The van der Waals surface area contributed by atoms with Crippen LogP contribution in [0.15, 0.2) is 0 Å². The van der Waals surface area contributed by atoms with Gasteiger partial charge in [0, 0.05) is 6.42 Å². The molecule has 68 valence electrons. The summed E-state index contributed by atoms with van der Waals surface area (Å²) in [5, 5.41) is 0. The number of hydrogen-bond donors (Lipinski definition) is 0. The van der Waals surface area contributed by atoms with Gasteiger partial charge in [-0.25, -0.2) is 0 Å². The van der Waals surface area contributed by atoms with Crippen LogP contribution < -0.4 is 0 Å². The zero-order valence-electron chi connectivity index (χ0n) is 6.01. The molecule has 11 heavy (non-hydrogen) atoms. The second-order valence-corrected chi connectivity index (χ2v) is 2.31. The Hall–Kier alpha value is -0.350. The summed E-state index contributed by atoms with van der Waals surface area (Å²) >= 11 is 0. The monoisotopic (exact) mass is 176 g/mol. The maximum absolute atomic E-state index is 12.0. The molecule has 0 heterocycles. The van der Waals surface area contributed by atoms with Crippen molar-refractivity contribution >= 4 is 0 Å². The lowest BCUT2D eigenvalue weighted by atomic mass is 10.1. The quantitative estimate of drug-likeness (QED) is 0.578. The Morgan fingerprint density at radius 3 is 1.73 bits per heavy atom. The van der Waals surface area contributed by atoms with Crippen molar-refractivity contribution in [3.63, 3.8) is 0 Å². The van der Waals surface area contributed by atoms with Crippen molar-refractivity contribution in [2.45, 2.75) is 38.3 Å². The van der Waals surface area contributed by atoms with Crippen LogP contribution in [0.4, 0.5) is 22.0 Å². The first-order valence-corrected chi connectivity index (χ1v) is 3.26. The van der Waals surface area contributed by atoms with Gasteiger partial charge in [0.2, 0.25) is 0 Å². The lowest BCUT2D eigenvalue weighted by Crippen LogP contribution is -2.36. The number of rotatable bonds is 3. The minimum absolute atomic E-state index is 0.105. The van der Waals surface area contributed by atoms with Crippen molar-refractivity contribution in [2.24, 2.45) is 0 Å². The molecular weight excluding hydrogens is 167 g/mol. The largest absolute Gasteiger partial charge is 0.453 e. The summed E-state index contributed by atoms with van der Waals surface area (Å²) in [5.41, 5.74) is 0. The molecule has 0 radical (unpaired) electrons. The Balaban J connectivity index is 4.00. The van der Waals surface area contributed by atoms with Crippen LogP contribution in [0.1, 0.15) is 26.2 Å². The minimum Gasteiger partial charge on any atom is -0.196 e. The van der Waals surface area contributed by atoms with Crippen molar-refractivity contribution in [1.29, 1.82) is 0 Å². The van der Waals surface area contributed by atoms with Gasteiger partial charge in [-0.3, -0.25) is 0 Å². The molecule has 0 fully saturated rings. The van der Waals surface area contributed by atoms with E-state index in [9.17, 15) is 22.0 Å². The van der Waals surface area contributed by atoms with Crippen molar-refractivity contribution in [3.05, 3.63) is 0 Å². The maximum Gasteiger partial charge on any atom is 0.453 e. The van der Waals surface area contributed by atoms with E-state index in [2.05, 4.69) is 0 Å². The van der Waals surface area contributed by atoms with E-state index < -0.39 is 18.5 Å². The first kappa shape index (κ1) is 10.7. The third-order valence-corrected chi connectivity index (χ3v) is 1.26. The van der Waals surface area contributed by atoms with Crippen LogP contribution in [0.2, 0.25) is 0 Å². The van der Waals surface area contributed by atoms with Gasteiger partial charge in [0.15, 0.2) is 0 Å². The number of hydrogen-bond acceptors (Lipinski definition) is 0. The average Bonchev–Trinajstić information content (AvgIpc) is 1.81. The molecule has 0 rings (SSSR count). The summed E-state index contributed by atoms with van der Waals surface area (Å²) in [4.78, 5) is 0. The van der Waals surface area contributed by atoms with E-state index in [1.807, 2.05) is 0 Å². The van der Waals surface area contributed by atoms with Crippen LogP contribution in [0.5, 0.6) is 0 Å². The highest BCUT2D eigenvalue weighted by Gasteiger charge is 2.56. The van der Waals surface area contributed by atoms with Gasteiger partial charge in [-0.05, 0) is 6.42 Å². The van der Waals surface area contributed by atoms with Gasteiger partial charge in [0.05, 0.1) is 0 Å². The van der Waals surface area contributed by atoms with Crippen molar-refractivity contribution < 1.29 is 22.0 Å². The highest BCUT2D eigenvalue weighted by atomic mass is 19.4. The summed E-state index contributed by atoms with van der Waals surface area (Å²) in [5.74, 6) is -4.51. The Morgan fingerprint density at radius 1 is 1.00 bits per heavy atom. The van der Waals surface area contributed by atoms with E-state index >= 15 is 0 Å². The molecule has 0 saturated heterocycles. The van der Waals surface area contributed by atoms with E-state index in [1.54, 1.807) is 6.92 Å². The Labute approximate surface area is 61.4 Å². The van der Waals surface area contributed by atoms with Crippen LogP contribution in [-0.4, -0.2) is 12.1 Å². The lowest BCUT2D eigenvalue weighted by molar-refractivity contribution is -0.284. The molecule has 0 saturated carbocycles. The molecule has 0 aromatic rings. The summed E-state index contributed by atoms with van der Waals surface area (Å²) < 4.78 is 58.2. The zero-order valence-corrected chi connectivity index (χ0v) is 6.01. The summed E-state index contributed by atoms with van der Waals surface area (Å²) in [6.45, 7) is 1.56. The third-order valence-electron chi connectivity index (χ3n) is 1.26. The highest BCUT2D eigenvalue weighted by Crippen LogP contribution is 2.38. The van der Waals surface area contributed by atoms with Crippen LogP contribution in [0.3, 0.4) is 0 Å². The van der Waals surface area contributed by atoms with Crippen molar-refractivity contribution in [3.8, 4) is 0 Å². The van der Waals surface area contributed by atoms with Crippen LogP contribution >= 0.6 is 0 Å². The molecule has 5 heteroatoms. The summed E-state index contributed by atoms with van der Waals surface area (Å²) in [6.07, 6.45) is -6.26. The number of halogens is 5. The molecule has 0 atom stereocenters. The van der Waals surface area contributed by atoms with Gasteiger partial charge >= 0.3 is 12.1 Å². The predicted octanol–water partition coefficient (Wildman–Crippen LogP) is 3.37. The molecule has 0 N–H and O–H groups in total. The molecule has 0 aliphatic heterocycles. The molecule has 0 aromatic heterocycles. The van der Waals surface area contributed by atoms with Gasteiger partial charge in [0.25, 0.3) is 0 Å². The van der Waals surface area contributed by atoms with Gasteiger partial charge in [-0.1, -0.05) is 13.3 Å². The predicted molar refractivity (Wildman–Crippen MR) is 30.5 cm³/mol. The Bertz CT molecular complexity index is 115. The van der Waals surface area contributed by atoms with Crippen LogP contribution in [0, 0.1) is 0 Å². The molecule has 0 unspecified atom stereocenters. The topological polar surface area (TPSA) is 0 Å². The second kappa shape index (κ2) is 3.36. The smallest absolute Gasteiger partial charge is 0.196 e. The number of unbranched alkanes of at least 4 members (excludes halogenated alkanes) is 1. The number of alkyl halides is 5. The van der Waals surface area contributed by atoms with Crippen molar-refractivity contribution in [1.82, 2.24) is 0 Å². The SMILES string of the molecule is CCCCC(F)(F)C(F)(F)F. The van der Waals surface area contributed by atoms with E-state index in [4.69, 9.17) is 0 Å². The van der Waals surface area contributed by atoms with Gasteiger partial charge in [-0.15, -0.1) is 0 Å². The molecule has 0 nitrogen and oxygen atoms in total. The molecule has 0 aliphatic carbocycles. The standard InChI is InChI=1S/C6H9F5/c1-2-3-4-5(7,8)6(9,10)11/h2-4H2,1H3. The Morgan fingerprint density at radius 2 is 1.45 bits per heavy atom. The molecule has 0 amide bonds. The second-order valence-electron chi connectivity index (χ2n) is 2.31. The first-order valence-electron chi connectivity index (χ1n) is 3.26. The molecule has 0 aliphatic rings. The minimum atomic E-state index is -5.39. The van der Waals surface area contributed by atoms with Gasteiger partial charge < -0.3 is 0 Å². The molecule has 0 aromatic carbocycles. The van der Waals surface area contributed by atoms with Gasteiger partial charge in [-0.2, -0.15) is 22.0 Å². The first-order chi connectivity index (χ1) is 4.81. The Kier molecular flexibility index (Phi) is 3.26. The van der Waals surface area contributed by atoms with E-state index in [1.165, 1.54) is 0 Å². The zero-order chi connectivity index (χ0) is 9.12. The molecule has 0 bridgehead atoms. The van der Waals surface area contributed by atoms with Crippen LogP contribution in [-0.2, 0) is 0 Å². The van der Waals surface area contributed by atoms with Crippen LogP contribution in [0.25, 0.3) is 0 Å². The third kappa shape index (κ3) is 3.03. The van der Waals surface area contributed by atoms with E-state index in [0.29, 0.717) is 6.42 Å². The molecule has 0 spiro atoms.